The van der Waals surface area contributed by atoms with E-state index in [0.29, 0.717) is 17.1 Å². The van der Waals surface area contributed by atoms with Gasteiger partial charge in [0.25, 0.3) is 0 Å². The molecule has 5 aliphatic carbocycles. The number of thioether (sulfide) groups is 1. The molecule has 0 radical (unpaired) electrons. The highest BCUT2D eigenvalue weighted by atomic mass is 32.2. The lowest BCUT2D eigenvalue weighted by Gasteiger charge is -2.69. The summed E-state index contributed by atoms with van der Waals surface area (Å²) in [6.45, 7) is 16.3. The second-order valence-corrected chi connectivity index (χ2v) is 17.4. The van der Waals surface area contributed by atoms with Gasteiger partial charge in [-0.2, -0.15) is 0 Å². The first-order chi connectivity index (χ1) is 22.4. The van der Waals surface area contributed by atoms with E-state index in [4.69, 9.17) is 15.2 Å². The lowest BCUT2D eigenvalue weighted by Crippen LogP contribution is -2.62. The van der Waals surface area contributed by atoms with Gasteiger partial charge in [0.05, 0.1) is 0 Å². The average Bonchev–Trinajstić information content (AvgIpc) is 3.02. The maximum atomic E-state index is 13.8. The van der Waals surface area contributed by atoms with Gasteiger partial charge >= 0.3 is 5.97 Å². The van der Waals surface area contributed by atoms with Crippen molar-refractivity contribution in [2.75, 3.05) is 0 Å². The molecule has 0 heterocycles. The largest absolute Gasteiger partial charge is 0.461 e. The van der Waals surface area contributed by atoms with Crippen molar-refractivity contribution in [3.63, 3.8) is 0 Å². The van der Waals surface area contributed by atoms with E-state index in [1.165, 1.54) is 31.2 Å². The SMILES string of the molecule is CC(=O)OC1=C(OC(C)O)/C(C)=C/C(SC(=O)C2=CCCC=C2)/C=C2\[C@](C)(C=C1)CC[C@@]1(C)[C@@H]3C[C@](C)(C(N)=O)CC[C@]3(C)CC[C@]21C. The third-order valence-corrected chi connectivity index (χ3v) is 13.9. The molecule has 5 rings (SSSR count). The molecule has 0 bridgehead atoms. The molecule has 3 N–H and O–H groups in total. The van der Waals surface area contributed by atoms with E-state index in [9.17, 15) is 19.5 Å². The van der Waals surface area contributed by atoms with Gasteiger partial charge < -0.3 is 20.3 Å². The van der Waals surface area contributed by atoms with Crippen molar-refractivity contribution >= 4 is 28.8 Å². The molecule has 0 saturated heterocycles. The number of carbonyl (C=O) groups excluding carboxylic acids is 3. The standard InChI is InChI=1S/C40H55NO6S/c1-25-22-29(48-34(44)28-12-10-9-11-13-28)23-31-36(4,15-14-30(46-26(2)42)33(25)47-27(3)43)18-21-40(8)32-24-38(6,35(41)45)17-16-37(32,5)19-20-39(31,40)7/h10,12-15,22-23,27,29,32,43H,9,11,16-21,24H2,1-8H3,(H2,41,45)/b15-14?,25-22+,31-23+,33-30?/t27?,29?,32-,36-,37-,38-,39-,40+/m1/s1. The minimum atomic E-state index is -1.15. The molecule has 8 heteroatoms. The Balaban J connectivity index is 1.70. The minimum Gasteiger partial charge on any atom is -0.461 e. The van der Waals surface area contributed by atoms with E-state index in [2.05, 4.69) is 46.8 Å². The molecule has 48 heavy (non-hydrogen) atoms. The molecule has 0 spiro atoms. The predicted octanol–water partition coefficient (Wildman–Crippen LogP) is 8.37. The maximum Gasteiger partial charge on any atom is 0.308 e. The van der Waals surface area contributed by atoms with Crippen molar-refractivity contribution < 1.29 is 29.0 Å². The second kappa shape index (κ2) is 13.1. The van der Waals surface area contributed by atoms with Crippen LogP contribution < -0.4 is 5.73 Å². The van der Waals surface area contributed by atoms with Gasteiger partial charge in [0.15, 0.2) is 17.8 Å². The first-order valence-corrected chi connectivity index (χ1v) is 18.5. The summed E-state index contributed by atoms with van der Waals surface area (Å²) in [6.07, 6.45) is 21.2. The van der Waals surface area contributed by atoms with Gasteiger partial charge in [-0.1, -0.05) is 88.4 Å². The predicted molar refractivity (Wildman–Crippen MR) is 191 cm³/mol. The molecule has 1 amide bonds. The second-order valence-electron chi connectivity index (χ2n) is 16.3. The van der Waals surface area contributed by atoms with E-state index in [1.54, 1.807) is 0 Å². The van der Waals surface area contributed by atoms with Crippen molar-refractivity contribution in [2.45, 2.75) is 125 Å². The molecular formula is C40H55NO6S. The molecule has 8 atom stereocenters. The molecular weight excluding hydrogens is 623 g/mol. The summed E-state index contributed by atoms with van der Waals surface area (Å²) in [5.41, 5.74) is 7.46. The average molecular weight is 678 g/mol. The Morgan fingerprint density at radius 3 is 2.31 bits per heavy atom. The fraction of sp³-hybridized carbons (Fsp3) is 0.625. The Morgan fingerprint density at radius 1 is 0.979 bits per heavy atom. The monoisotopic (exact) mass is 677 g/mol. The number of fused-ring (bicyclic) bond motifs is 5. The van der Waals surface area contributed by atoms with E-state index < -0.39 is 23.1 Å². The van der Waals surface area contributed by atoms with Crippen LogP contribution >= 0.6 is 11.8 Å². The van der Waals surface area contributed by atoms with Crippen molar-refractivity contribution in [3.05, 3.63) is 70.8 Å². The quantitative estimate of drug-likeness (QED) is 0.165. The third-order valence-electron chi connectivity index (χ3n) is 12.9. The van der Waals surface area contributed by atoms with Crippen LogP contribution in [0.1, 0.15) is 113 Å². The van der Waals surface area contributed by atoms with Crippen molar-refractivity contribution in [1.29, 1.82) is 0 Å². The van der Waals surface area contributed by atoms with Crippen LogP contribution in [0.4, 0.5) is 0 Å². The Hall–Kier alpha value is -2.84. The maximum absolute atomic E-state index is 13.8. The molecule has 3 fully saturated rings. The fourth-order valence-electron chi connectivity index (χ4n) is 9.63. The zero-order valence-electron chi connectivity index (χ0n) is 30.1. The number of esters is 1. The van der Waals surface area contributed by atoms with Crippen molar-refractivity contribution in [1.82, 2.24) is 0 Å². The Bertz CT molecular complexity index is 1550. The van der Waals surface area contributed by atoms with Crippen molar-refractivity contribution in [3.8, 4) is 0 Å². The Kier molecular flexibility index (Phi) is 9.97. The number of aliphatic hydroxyl groups excluding tert-OH is 1. The van der Waals surface area contributed by atoms with Crippen molar-refractivity contribution in [2.24, 2.45) is 38.7 Å². The van der Waals surface area contributed by atoms with Crippen LogP contribution in [0.2, 0.25) is 0 Å². The fourth-order valence-corrected chi connectivity index (χ4v) is 10.6. The van der Waals surface area contributed by atoms with E-state index in [-0.39, 0.29) is 44.0 Å². The molecule has 0 aromatic carbocycles. The highest BCUT2D eigenvalue weighted by Gasteiger charge is 2.66. The highest BCUT2D eigenvalue weighted by Crippen LogP contribution is 2.74. The highest BCUT2D eigenvalue weighted by molar-refractivity contribution is 8.14. The van der Waals surface area contributed by atoms with Gasteiger partial charge in [0, 0.05) is 28.6 Å². The topological polar surface area (TPSA) is 116 Å². The smallest absolute Gasteiger partial charge is 0.308 e. The summed E-state index contributed by atoms with van der Waals surface area (Å²) in [6, 6.07) is 0. The first kappa shape index (κ1) is 36.4. The summed E-state index contributed by atoms with van der Waals surface area (Å²) in [7, 11) is 0. The lowest BCUT2D eigenvalue weighted by molar-refractivity contribution is -0.167. The number of allylic oxidation sites excluding steroid dienone is 7. The summed E-state index contributed by atoms with van der Waals surface area (Å²) in [5.74, 6) is 0.0918. The number of ether oxygens (including phenoxy) is 2. The molecule has 0 aliphatic heterocycles. The lowest BCUT2D eigenvalue weighted by atomic mass is 9.35. The molecule has 3 saturated carbocycles. The molecule has 0 aromatic heterocycles. The number of hydrogen-bond acceptors (Lipinski definition) is 7. The number of hydrogen-bond donors (Lipinski definition) is 2. The summed E-state index contributed by atoms with van der Waals surface area (Å²) in [5, 5.41) is 9.93. The third kappa shape index (κ3) is 6.56. The van der Waals surface area contributed by atoms with Gasteiger partial charge in [-0.25, -0.2) is 0 Å². The molecule has 0 aromatic rings. The normalized spacial score (nSPS) is 40.8. The Labute approximate surface area is 291 Å². The Morgan fingerprint density at radius 2 is 1.69 bits per heavy atom. The van der Waals surface area contributed by atoms with Gasteiger partial charge in [0.2, 0.25) is 11.0 Å². The van der Waals surface area contributed by atoms with Gasteiger partial charge in [-0.3, -0.25) is 14.4 Å². The summed E-state index contributed by atoms with van der Waals surface area (Å²) in [4.78, 5) is 39.0. The zero-order valence-corrected chi connectivity index (χ0v) is 30.9. The van der Waals surface area contributed by atoms with Crippen LogP contribution in [0.5, 0.6) is 0 Å². The van der Waals surface area contributed by atoms with Crippen LogP contribution in [0, 0.1) is 33.0 Å². The van der Waals surface area contributed by atoms with Gasteiger partial charge in [0.1, 0.15) is 0 Å². The molecule has 5 aliphatic rings. The van der Waals surface area contributed by atoms with Crippen LogP contribution in [-0.2, 0) is 23.9 Å². The van der Waals surface area contributed by atoms with Gasteiger partial charge in [-0.05, 0) is 105 Å². The van der Waals surface area contributed by atoms with E-state index in [1.807, 2.05) is 37.3 Å². The van der Waals surface area contributed by atoms with Crippen LogP contribution in [0.15, 0.2) is 70.8 Å². The number of amides is 1. The van der Waals surface area contributed by atoms with Crippen LogP contribution in [0.3, 0.4) is 0 Å². The summed E-state index contributed by atoms with van der Waals surface area (Å²) >= 11 is 1.28. The number of nitrogens with two attached hydrogens (primary N) is 1. The zero-order chi connectivity index (χ0) is 35.3. The van der Waals surface area contributed by atoms with E-state index in [0.717, 1.165) is 57.8 Å². The van der Waals surface area contributed by atoms with Crippen LogP contribution in [-0.4, -0.2) is 33.6 Å². The number of aliphatic hydroxyl groups is 1. The number of rotatable bonds is 6. The molecule has 262 valence electrons. The number of carbonyl (C=O) groups is 3. The first-order valence-electron chi connectivity index (χ1n) is 17.6. The summed E-state index contributed by atoms with van der Waals surface area (Å²) < 4.78 is 11.6. The van der Waals surface area contributed by atoms with Gasteiger partial charge in [-0.15, -0.1) is 0 Å². The minimum absolute atomic E-state index is 0.00205. The number of primary amides is 1. The molecule has 2 unspecified atom stereocenters. The van der Waals surface area contributed by atoms with Crippen LogP contribution in [0.25, 0.3) is 0 Å². The molecule has 7 nitrogen and oxygen atoms in total. The van der Waals surface area contributed by atoms with E-state index >= 15 is 0 Å².